The van der Waals surface area contributed by atoms with Gasteiger partial charge in [-0.25, -0.2) is 0 Å². The summed E-state index contributed by atoms with van der Waals surface area (Å²) in [7, 11) is 0. The van der Waals surface area contributed by atoms with Crippen molar-refractivity contribution in [1.29, 1.82) is 0 Å². The van der Waals surface area contributed by atoms with E-state index in [9.17, 15) is 19.7 Å². The largest absolute Gasteiger partial charge is 0.307 e. The lowest BCUT2D eigenvalue weighted by Gasteiger charge is -2.15. The standard InChI is InChI=1S/C16H16N2O4/c1-11(2)9-17-15(8-5-13(10-19)16(17)20)12-3-6-14(7-4-12)18(21)22/h3-8,10-11H,9H2,1-2H3. The molecule has 0 saturated heterocycles. The first-order valence-corrected chi connectivity index (χ1v) is 6.88. The van der Waals surface area contributed by atoms with Gasteiger partial charge in [-0.3, -0.25) is 19.7 Å². The van der Waals surface area contributed by atoms with Crippen LogP contribution in [-0.4, -0.2) is 15.8 Å². The Balaban J connectivity index is 2.58. The molecule has 1 aromatic heterocycles. The summed E-state index contributed by atoms with van der Waals surface area (Å²) in [6.07, 6.45) is 0.540. The van der Waals surface area contributed by atoms with Crippen molar-refractivity contribution in [3.05, 3.63) is 62.4 Å². The van der Waals surface area contributed by atoms with Gasteiger partial charge >= 0.3 is 0 Å². The molecule has 0 aliphatic heterocycles. The second kappa shape index (κ2) is 6.34. The zero-order chi connectivity index (χ0) is 16.3. The molecule has 0 unspecified atom stereocenters. The number of nitrogens with zero attached hydrogens (tertiary/aromatic N) is 2. The molecule has 0 aliphatic rings. The lowest BCUT2D eigenvalue weighted by atomic mass is 10.1. The number of rotatable bonds is 5. The van der Waals surface area contributed by atoms with Gasteiger partial charge in [-0.05, 0) is 35.7 Å². The first kappa shape index (κ1) is 15.6. The van der Waals surface area contributed by atoms with Crippen LogP contribution in [0, 0.1) is 16.0 Å². The molecule has 22 heavy (non-hydrogen) atoms. The molecule has 1 heterocycles. The highest BCUT2D eigenvalue weighted by molar-refractivity contribution is 5.75. The molecule has 0 atom stereocenters. The number of aldehydes is 1. The maximum absolute atomic E-state index is 12.3. The summed E-state index contributed by atoms with van der Waals surface area (Å²) in [5, 5.41) is 10.7. The molecule has 0 fully saturated rings. The van der Waals surface area contributed by atoms with Gasteiger partial charge < -0.3 is 4.57 Å². The van der Waals surface area contributed by atoms with Crippen molar-refractivity contribution in [1.82, 2.24) is 4.57 Å². The molecule has 0 aliphatic carbocycles. The van der Waals surface area contributed by atoms with Crippen molar-refractivity contribution in [2.45, 2.75) is 20.4 Å². The van der Waals surface area contributed by atoms with Gasteiger partial charge in [0.25, 0.3) is 11.2 Å². The number of non-ortho nitro benzene ring substituents is 1. The fraction of sp³-hybridized carbons (Fsp3) is 0.250. The molecule has 0 saturated carbocycles. The Hall–Kier alpha value is -2.76. The number of carbonyl (C=O) groups excluding carboxylic acids is 1. The monoisotopic (exact) mass is 300 g/mol. The number of nitro benzene ring substituents is 1. The lowest BCUT2D eigenvalue weighted by Crippen LogP contribution is -2.26. The Morgan fingerprint density at radius 2 is 1.82 bits per heavy atom. The Bertz CT molecular complexity index is 761. The van der Waals surface area contributed by atoms with Crippen LogP contribution in [-0.2, 0) is 6.54 Å². The second-order valence-electron chi connectivity index (χ2n) is 5.41. The van der Waals surface area contributed by atoms with Crippen molar-refractivity contribution >= 4 is 12.0 Å². The van der Waals surface area contributed by atoms with Gasteiger partial charge in [-0.2, -0.15) is 0 Å². The van der Waals surface area contributed by atoms with Crippen LogP contribution in [0.15, 0.2) is 41.2 Å². The molecule has 1 aromatic carbocycles. The van der Waals surface area contributed by atoms with E-state index in [1.807, 2.05) is 13.8 Å². The van der Waals surface area contributed by atoms with Crippen LogP contribution in [0.1, 0.15) is 24.2 Å². The molecule has 0 N–H and O–H groups in total. The van der Waals surface area contributed by atoms with Crippen LogP contribution in [0.25, 0.3) is 11.3 Å². The van der Waals surface area contributed by atoms with Gasteiger partial charge in [-0.15, -0.1) is 0 Å². The van der Waals surface area contributed by atoms with Crippen molar-refractivity contribution in [3.63, 3.8) is 0 Å². The SMILES string of the molecule is CC(C)Cn1c(-c2ccc([N+](=O)[O-])cc2)ccc(C=O)c1=O. The van der Waals surface area contributed by atoms with E-state index in [0.717, 1.165) is 0 Å². The van der Waals surface area contributed by atoms with Crippen molar-refractivity contribution in [2.75, 3.05) is 0 Å². The Kier molecular flexibility index (Phi) is 4.50. The molecular weight excluding hydrogens is 284 g/mol. The van der Waals surface area contributed by atoms with Gasteiger partial charge in [0.05, 0.1) is 16.2 Å². The van der Waals surface area contributed by atoms with E-state index < -0.39 is 4.92 Å². The van der Waals surface area contributed by atoms with E-state index >= 15 is 0 Å². The van der Waals surface area contributed by atoms with E-state index in [1.165, 1.54) is 22.8 Å². The molecule has 0 bridgehead atoms. The van der Waals surface area contributed by atoms with Crippen LogP contribution < -0.4 is 5.56 Å². The molecule has 0 radical (unpaired) electrons. The smallest absolute Gasteiger partial charge is 0.269 e. The first-order valence-electron chi connectivity index (χ1n) is 6.88. The Morgan fingerprint density at radius 3 is 2.32 bits per heavy atom. The zero-order valence-electron chi connectivity index (χ0n) is 12.4. The lowest BCUT2D eigenvalue weighted by molar-refractivity contribution is -0.384. The number of hydrogen-bond acceptors (Lipinski definition) is 4. The van der Waals surface area contributed by atoms with Crippen LogP contribution in [0.2, 0.25) is 0 Å². The summed E-state index contributed by atoms with van der Waals surface area (Å²) >= 11 is 0. The van der Waals surface area contributed by atoms with Crippen LogP contribution in [0.5, 0.6) is 0 Å². The summed E-state index contributed by atoms with van der Waals surface area (Å²) in [6, 6.07) is 9.16. The number of benzene rings is 1. The average Bonchev–Trinajstić information content (AvgIpc) is 2.49. The number of aromatic nitrogens is 1. The van der Waals surface area contributed by atoms with Crippen molar-refractivity contribution in [3.8, 4) is 11.3 Å². The topological polar surface area (TPSA) is 82.2 Å². The van der Waals surface area contributed by atoms with Crippen molar-refractivity contribution in [2.24, 2.45) is 5.92 Å². The van der Waals surface area contributed by atoms with E-state index in [-0.39, 0.29) is 22.7 Å². The summed E-state index contributed by atoms with van der Waals surface area (Å²) in [5.74, 6) is 0.219. The third kappa shape index (κ3) is 3.11. The maximum atomic E-state index is 12.3. The normalized spacial score (nSPS) is 10.7. The fourth-order valence-electron chi connectivity index (χ4n) is 2.24. The molecule has 6 heteroatoms. The average molecular weight is 300 g/mol. The Labute approximate surface area is 127 Å². The predicted molar refractivity (Wildman–Crippen MR) is 83.0 cm³/mol. The highest BCUT2D eigenvalue weighted by Gasteiger charge is 2.13. The molecule has 6 nitrogen and oxygen atoms in total. The molecular formula is C16H16N2O4. The minimum Gasteiger partial charge on any atom is -0.307 e. The molecule has 114 valence electrons. The summed E-state index contributed by atoms with van der Waals surface area (Å²) in [6.45, 7) is 4.41. The second-order valence-corrected chi connectivity index (χ2v) is 5.41. The number of nitro groups is 1. The Morgan fingerprint density at radius 1 is 1.18 bits per heavy atom. The van der Waals surface area contributed by atoms with Crippen molar-refractivity contribution < 1.29 is 9.72 Å². The third-order valence-electron chi connectivity index (χ3n) is 3.25. The van der Waals surface area contributed by atoms with E-state index in [0.29, 0.717) is 24.1 Å². The van der Waals surface area contributed by atoms with Gasteiger partial charge in [-0.1, -0.05) is 13.8 Å². The first-order chi connectivity index (χ1) is 10.4. The van der Waals surface area contributed by atoms with Crippen LogP contribution in [0.4, 0.5) is 5.69 Å². The molecule has 0 amide bonds. The number of carbonyl (C=O) groups is 1. The third-order valence-corrected chi connectivity index (χ3v) is 3.25. The van der Waals surface area contributed by atoms with Gasteiger partial charge in [0.15, 0.2) is 6.29 Å². The van der Waals surface area contributed by atoms with Gasteiger partial charge in [0.2, 0.25) is 0 Å². The van der Waals surface area contributed by atoms with Gasteiger partial charge in [0, 0.05) is 18.7 Å². The summed E-state index contributed by atoms with van der Waals surface area (Å²) in [4.78, 5) is 33.5. The van der Waals surface area contributed by atoms with E-state index in [4.69, 9.17) is 0 Å². The summed E-state index contributed by atoms with van der Waals surface area (Å²) in [5.41, 5.74) is 1.08. The zero-order valence-corrected chi connectivity index (χ0v) is 12.4. The molecule has 0 spiro atoms. The van der Waals surface area contributed by atoms with E-state index in [2.05, 4.69) is 0 Å². The minimum absolute atomic E-state index is 0.00832. The minimum atomic E-state index is -0.472. The fourth-order valence-corrected chi connectivity index (χ4v) is 2.24. The molecule has 2 rings (SSSR count). The highest BCUT2D eigenvalue weighted by atomic mass is 16.6. The maximum Gasteiger partial charge on any atom is 0.269 e. The van der Waals surface area contributed by atoms with Crippen LogP contribution in [0.3, 0.4) is 0 Å². The predicted octanol–water partition coefficient (Wildman–Crippen LogP) is 2.89. The summed E-state index contributed by atoms with van der Waals surface area (Å²) < 4.78 is 1.54. The highest BCUT2D eigenvalue weighted by Crippen LogP contribution is 2.22. The van der Waals surface area contributed by atoms with Gasteiger partial charge in [0.1, 0.15) is 0 Å². The quantitative estimate of drug-likeness (QED) is 0.483. The van der Waals surface area contributed by atoms with Crippen LogP contribution >= 0.6 is 0 Å². The van der Waals surface area contributed by atoms with E-state index in [1.54, 1.807) is 18.2 Å². The number of hydrogen-bond donors (Lipinski definition) is 0. The number of pyridine rings is 1. The molecule has 2 aromatic rings.